The van der Waals surface area contributed by atoms with Gasteiger partial charge < -0.3 is 4.74 Å². The topological polar surface area (TPSA) is 43.4 Å². The van der Waals surface area contributed by atoms with Crippen LogP contribution in [-0.2, 0) is 19.9 Å². The molecule has 0 unspecified atom stereocenters. The number of hydrogen-bond acceptors (Lipinski definition) is 3. The first-order valence-electron chi connectivity index (χ1n) is 6.24. The highest BCUT2D eigenvalue weighted by Gasteiger charge is 2.53. The summed E-state index contributed by atoms with van der Waals surface area (Å²) >= 11 is 0. The third-order valence-corrected chi connectivity index (χ3v) is 3.89. The number of esters is 1. The Morgan fingerprint density at radius 1 is 1.26 bits per heavy atom. The van der Waals surface area contributed by atoms with Gasteiger partial charge in [0.05, 0.1) is 0 Å². The Labute approximate surface area is 111 Å². The Balaban J connectivity index is 2.16. The minimum Gasteiger partial charge on any atom is -0.446 e. The molecule has 1 heterocycles. The first-order valence-corrected chi connectivity index (χ1v) is 6.24. The summed E-state index contributed by atoms with van der Waals surface area (Å²) in [4.78, 5) is 23.4. The Morgan fingerprint density at radius 2 is 1.95 bits per heavy atom. The molecular formula is C16H14O3. The molecule has 0 amide bonds. The molecule has 1 aromatic carbocycles. The van der Waals surface area contributed by atoms with Crippen LogP contribution in [0, 0.1) is 12.8 Å². The number of carbonyl (C=O) groups excluding carboxylic acids is 2. The molecule has 1 aromatic rings. The summed E-state index contributed by atoms with van der Waals surface area (Å²) in [6, 6.07) is 7.82. The second kappa shape index (κ2) is 3.92. The fourth-order valence-electron chi connectivity index (χ4n) is 2.77. The molecule has 19 heavy (non-hydrogen) atoms. The maximum absolute atomic E-state index is 11.8. The molecule has 0 N–H and O–H groups in total. The van der Waals surface area contributed by atoms with E-state index in [4.69, 9.17) is 4.74 Å². The predicted octanol–water partition coefficient (Wildman–Crippen LogP) is 2.45. The van der Waals surface area contributed by atoms with Crippen LogP contribution in [0.3, 0.4) is 0 Å². The standard InChI is InChI=1S/C16H14O3/c1-10-3-5-12(6-4-10)16-8-7-13(17)9-14(16)11(2)15(18)19-16/h3-8,14H,2,9H2,1H3/t14-,16+/m0/s1. The van der Waals surface area contributed by atoms with E-state index in [2.05, 4.69) is 6.58 Å². The van der Waals surface area contributed by atoms with Gasteiger partial charge in [0.15, 0.2) is 11.4 Å². The van der Waals surface area contributed by atoms with Crippen molar-refractivity contribution in [2.45, 2.75) is 18.9 Å². The van der Waals surface area contributed by atoms with Gasteiger partial charge in [-0.15, -0.1) is 0 Å². The van der Waals surface area contributed by atoms with Gasteiger partial charge in [0.1, 0.15) is 0 Å². The lowest BCUT2D eigenvalue weighted by Gasteiger charge is -2.33. The largest absolute Gasteiger partial charge is 0.446 e. The van der Waals surface area contributed by atoms with Gasteiger partial charge in [-0.25, -0.2) is 4.79 Å². The van der Waals surface area contributed by atoms with Gasteiger partial charge in [0, 0.05) is 23.5 Å². The van der Waals surface area contributed by atoms with E-state index in [1.54, 1.807) is 6.08 Å². The van der Waals surface area contributed by atoms with E-state index in [0.717, 1.165) is 11.1 Å². The molecule has 0 saturated carbocycles. The molecule has 3 rings (SSSR count). The van der Waals surface area contributed by atoms with Gasteiger partial charge in [0.2, 0.25) is 0 Å². The van der Waals surface area contributed by atoms with E-state index in [0.29, 0.717) is 5.57 Å². The summed E-state index contributed by atoms with van der Waals surface area (Å²) in [7, 11) is 0. The number of fused-ring (bicyclic) bond motifs is 1. The van der Waals surface area contributed by atoms with Crippen molar-refractivity contribution in [3.63, 3.8) is 0 Å². The quantitative estimate of drug-likeness (QED) is 0.571. The van der Waals surface area contributed by atoms with Crippen LogP contribution in [0.4, 0.5) is 0 Å². The zero-order valence-electron chi connectivity index (χ0n) is 10.7. The van der Waals surface area contributed by atoms with Crippen molar-refractivity contribution >= 4 is 11.8 Å². The van der Waals surface area contributed by atoms with Crippen molar-refractivity contribution in [1.29, 1.82) is 0 Å². The molecule has 3 nitrogen and oxygen atoms in total. The fourth-order valence-corrected chi connectivity index (χ4v) is 2.77. The second-order valence-corrected chi connectivity index (χ2v) is 5.13. The Kier molecular flexibility index (Phi) is 2.45. The number of allylic oxidation sites excluding steroid dienone is 1. The first kappa shape index (κ1) is 11.9. The van der Waals surface area contributed by atoms with Gasteiger partial charge in [-0.05, 0) is 19.1 Å². The molecule has 1 fully saturated rings. The number of ketones is 1. The number of hydrogen-bond donors (Lipinski definition) is 0. The molecule has 2 aliphatic rings. The molecular weight excluding hydrogens is 240 g/mol. The molecule has 1 saturated heterocycles. The van der Waals surface area contributed by atoms with E-state index in [9.17, 15) is 9.59 Å². The van der Waals surface area contributed by atoms with Crippen LogP contribution in [0.15, 0.2) is 48.6 Å². The summed E-state index contributed by atoms with van der Waals surface area (Å²) < 4.78 is 5.56. The number of carbonyl (C=O) groups is 2. The lowest BCUT2D eigenvalue weighted by Crippen LogP contribution is -2.35. The number of aryl methyl sites for hydroxylation is 1. The van der Waals surface area contributed by atoms with Crippen LogP contribution < -0.4 is 0 Å². The zero-order chi connectivity index (χ0) is 13.6. The number of rotatable bonds is 1. The zero-order valence-corrected chi connectivity index (χ0v) is 10.7. The maximum Gasteiger partial charge on any atom is 0.335 e. The van der Waals surface area contributed by atoms with E-state index in [1.807, 2.05) is 31.2 Å². The van der Waals surface area contributed by atoms with E-state index < -0.39 is 11.6 Å². The van der Waals surface area contributed by atoms with Crippen molar-refractivity contribution in [1.82, 2.24) is 0 Å². The van der Waals surface area contributed by atoms with E-state index in [1.165, 1.54) is 6.08 Å². The van der Waals surface area contributed by atoms with Gasteiger partial charge in [-0.2, -0.15) is 0 Å². The summed E-state index contributed by atoms with van der Waals surface area (Å²) in [5.74, 6) is -0.697. The number of benzene rings is 1. The third-order valence-electron chi connectivity index (χ3n) is 3.89. The summed E-state index contributed by atoms with van der Waals surface area (Å²) in [5, 5.41) is 0. The monoisotopic (exact) mass is 254 g/mol. The van der Waals surface area contributed by atoms with Crippen molar-refractivity contribution in [2.24, 2.45) is 5.92 Å². The average molecular weight is 254 g/mol. The molecule has 3 heteroatoms. The molecule has 1 aliphatic heterocycles. The van der Waals surface area contributed by atoms with Crippen molar-refractivity contribution < 1.29 is 14.3 Å². The van der Waals surface area contributed by atoms with Crippen molar-refractivity contribution in [3.05, 3.63) is 59.7 Å². The molecule has 0 spiro atoms. The SMILES string of the molecule is C=C1C(=O)O[C@@]2(c3ccc(C)cc3)C=CC(=O)C[C@@H]12. The van der Waals surface area contributed by atoms with E-state index >= 15 is 0 Å². The van der Waals surface area contributed by atoms with Crippen molar-refractivity contribution in [2.75, 3.05) is 0 Å². The van der Waals surface area contributed by atoms with Gasteiger partial charge in [0.25, 0.3) is 0 Å². The van der Waals surface area contributed by atoms with Crippen LogP contribution in [0.1, 0.15) is 17.5 Å². The van der Waals surface area contributed by atoms with Crippen LogP contribution in [-0.4, -0.2) is 11.8 Å². The van der Waals surface area contributed by atoms with Crippen LogP contribution in [0.5, 0.6) is 0 Å². The minimum absolute atomic E-state index is 0.00665. The molecule has 1 aliphatic carbocycles. The van der Waals surface area contributed by atoms with Crippen LogP contribution in [0.25, 0.3) is 0 Å². The molecule has 0 aromatic heterocycles. The molecule has 2 atom stereocenters. The summed E-state index contributed by atoms with van der Waals surface area (Å²) in [6.07, 6.45) is 3.47. The molecule has 96 valence electrons. The maximum atomic E-state index is 11.8. The van der Waals surface area contributed by atoms with Gasteiger partial charge in [-0.1, -0.05) is 36.4 Å². The summed E-state index contributed by atoms with van der Waals surface area (Å²) in [6.45, 7) is 5.78. The molecule has 0 radical (unpaired) electrons. The predicted molar refractivity (Wildman–Crippen MR) is 70.3 cm³/mol. The molecule has 0 bridgehead atoms. The Bertz CT molecular complexity index is 609. The Hall–Kier alpha value is -2.16. The Morgan fingerprint density at radius 3 is 2.63 bits per heavy atom. The van der Waals surface area contributed by atoms with E-state index in [-0.39, 0.29) is 18.1 Å². The highest BCUT2D eigenvalue weighted by atomic mass is 16.6. The lowest BCUT2D eigenvalue weighted by molar-refractivity contribution is -0.145. The van der Waals surface area contributed by atoms with Crippen LogP contribution >= 0.6 is 0 Å². The highest BCUT2D eigenvalue weighted by Crippen LogP contribution is 2.49. The number of ether oxygens (including phenoxy) is 1. The first-order chi connectivity index (χ1) is 9.03. The minimum atomic E-state index is -0.851. The highest BCUT2D eigenvalue weighted by molar-refractivity contribution is 5.98. The second-order valence-electron chi connectivity index (χ2n) is 5.13. The normalized spacial score (nSPS) is 29.3. The van der Waals surface area contributed by atoms with Gasteiger partial charge >= 0.3 is 5.97 Å². The van der Waals surface area contributed by atoms with Crippen LogP contribution in [0.2, 0.25) is 0 Å². The smallest absolute Gasteiger partial charge is 0.335 e. The average Bonchev–Trinajstić information content (AvgIpc) is 2.64. The lowest BCUT2D eigenvalue weighted by atomic mass is 9.73. The third kappa shape index (κ3) is 1.65. The van der Waals surface area contributed by atoms with Gasteiger partial charge in [-0.3, -0.25) is 4.79 Å². The fraction of sp³-hybridized carbons (Fsp3) is 0.250. The van der Waals surface area contributed by atoms with Crippen molar-refractivity contribution in [3.8, 4) is 0 Å². The summed E-state index contributed by atoms with van der Waals surface area (Å²) in [5.41, 5.74) is 1.56.